The maximum atomic E-state index is 14.5. The van der Waals surface area contributed by atoms with Gasteiger partial charge in [0.2, 0.25) is 0 Å². The van der Waals surface area contributed by atoms with Crippen molar-refractivity contribution >= 4 is 40.1 Å². The predicted octanol–water partition coefficient (Wildman–Crippen LogP) is 5.81. The van der Waals surface area contributed by atoms with Crippen LogP contribution in [0.5, 0.6) is 0 Å². The second kappa shape index (κ2) is 15.8. The average molecular weight is 637 g/mol. The van der Waals surface area contributed by atoms with Crippen molar-refractivity contribution in [2.75, 3.05) is 71.3 Å². The van der Waals surface area contributed by atoms with Crippen LogP contribution in [0.25, 0.3) is 16.8 Å². The maximum absolute atomic E-state index is 14.5. The van der Waals surface area contributed by atoms with E-state index in [1.807, 2.05) is 40.6 Å². The molecule has 3 aromatic rings. The number of amides is 1. The first-order chi connectivity index (χ1) is 21.5. The Morgan fingerprint density at radius 3 is 2.48 bits per heavy atom. The van der Waals surface area contributed by atoms with E-state index >= 15 is 0 Å². The molecule has 44 heavy (non-hydrogen) atoms. The number of piperazine rings is 1. The van der Waals surface area contributed by atoms with Crippen molar-refractivity contribution in [3.8, 4) is 11.3 Å². The number of aryl methyl sites for hydroxylation is 2. The molecule has 0 bridgehead atoms. The Morgan fingerprint density at radius 2 is 1.80 bits per heavy atom. The number of nitrogens with zero attached hydrogens (tertiary/aromatic N) is 3. The van der Waals surface area contributed by atoms with Crippen molar-refractivity contribution in [2.45, 2.75) is 26.7 Å². The van der Waals surface area contributed by atoms with Gasteiger partial charge < -0.3 is 29.3 Å². The van der Waals surface area contributed by atoms with Crippen molar-refractivity contribution < 1.29 is 19.0 Å². The largest absolute Gasteiger partial charge is 0.382 e. The fraction of sp³-hybridized carbons (Fsp3) is 0.412. The minimum atomic E-state index is -0.0113. The first kappa shape index (κ1) is 32.3. The Morgan fingerprint density at radius 1 is 1.07 bits per heavy atom. The van der Waals surface area contributed by atoms with Crippen LogP contribution in [0, 0.1) is 0 Å². The van der Waals surface area contributed by atoms with Crippen molar-refractivity contribution in [3.63, 3.8) is 0 Å². The van der Waals surface area contributed by atoms with Crippen LogP contribution in [0.4, 0.5) is 5.69 Å². The molecule has 1 N–H and O–H groups in total. The lowest BCUT2D eigenvalue weighted by Crippen LogP contribution is -2.47. The second-order valence-corrected chi connectivity index (χ2v) is 12.0. The number of nitrogens with one attached hydrogen (secondary N) is 1. The fourth-order valence-electron chi connectivity index (χ4n) is 5.52. The summed E-state index contributed by atoms with van der Waals surface area (Å²) < 4.78 is 17.9. The van der Waals surface area contributed by atoms with Crippen molar-refractivity contribution in [1.82, 2.24) is 15.2 Å². The molecule has 2 aliphatic heterocycles. The highest BCUT2D eigenvalue weighted by atomic mass is 35.5. The number of rotatable bonds is 11. The number of carbonyl (C=O) groups is 1. The van der Waals surface area contributed by atoms with Crippen molar-refractivity contribution in [3.05, 3.63) is 86.3 Å². The molecule has 8 nitrogen and oxygen atoms in total. The molecule has 3 heterocycles. The SMILES string of the molecule is CCc1cccc(CC)c1N1COC/C(c2nc(-c3ccc(Cl)cc3)cs2)=C\C(C(=O)N2CCNCC2)=C1COCCOC. The number of halogens is 1. The summed E-state index contributed by atoms with van der Waals surface area (Å²) in [6, 6.07) is 14.1. The molecule has 2 aromatic carbocycles. The molecule has 1 aromatic heterocycles. The summed E-state index contributed by atoms with van der Waals surface area (Å²) in [5.74, 6) is -0.0113. The van der Waals surface area contributed by atoms with Gasteiger partial charge in [-0.15, -0.1) is 11.3 Å². The zero-order chi connectivity index (χ0) is 30.9. The smallest absolute Gasteiger partial charge is 0.255 e. The van der Waals surface area contributed by atoms with E-state index < -0.39 is 0 Å². The van der Waals surface area contributed by atoms with Crippen LogP contribution in [0.3, 0.4) is 0 Å². The van der Waals surface area contributed by atoms with E-state index in [0.29, 0.717) is 43.5 Å². The van der Waals surface area contributed by atoms with Crippen LogP contribution in [0.2, 0.25) is 5.02 Å². The molecule has 234 valence electrons. The third-order valence-corrected chi connectivity index (χ3v) is 9.06. The van der Waals surface area contributed by atoms with Gasteiger partial charge in [0.1, 0.15) is 11.7 Å². The van der Waals surface area contributed by atoms with Gasteiger partial charge in [-0.2, -0.15) is 0 Å². The maximum Gasteiger partial charge on any atom is 0.255 e. The molecular formula is C34H41ClN4O4S. The standard InChI is InChI=1S/C34H41ClN4O4S/c1-4-24-7-6-8-25(5-2)32(24)39-23-43-20-27(33-37-30(22-44-33)26-9-11-28(35)12-10-26)19-29(31(39)21-42-18-17-41-3)34(40)38-15-13-36-14-16-38/h6-12,19,22,36H,4-5,13-18,20-21,23H2,1-3H3/b27-19+,31-29?. The summed E-state index contributed by atoms with van der Waals surface area (Å²) in [6.07, 6.45) is 3.69. The van der Waals surface area contributed by atoms with Crippen LogP contribution in [0.1, 0.15) is 30.0 Å². The number of aromatic nitrogens is 1. The third-order valence-electron chi connectivity index (χ3n) is 7.89. The van der Waals surface area contributed by atoms with Gasteiger partial charge in [-0.05, 0) is 42.2 Å². The highest BCUT2D eigenvalue weighted by molar-refractivity contribution is 7.11. The summed E-state index contributed by atoms with van der Waals surface area (Å²) in [6.45, 7) is 8.83. The van der Waals surface area contributed by atoms with Gasteiger partial charge in [-0.25, -0.2) is 4.98 Å². The highest BCUT2D eigenvalue weighted by Gasteiger charge is 2.30. The number of ether oxygens (including phenoxy) is 3. The summed E-state index contributed by atoms with van der Waals surface area (Å²) in [5, 5.41) is 6.90. The van der Waals surface area contributed by atoms with E-state index in [9.17, 15) is 4.79 Å². The monoisotopic (exact) mass is 636 g/mol. The van der Waals surface area contributed by atoms with Crippen LogP contribution < -0.4 is 10.2 Å². The van der Waals surface area contributed by atoms with Gasteiger partial charge in [0.05, 0.1) is 43.4 Å². The molecule has 0 saturated carbocycles. The summed E-state index contributed by atoms with van der Waals surface area (Å²) in [7, 11) is 1.66. The quantitative estimate of drug-likeness (QED) is 0.266. The molecule has 2 aliphatic rings. The molecule has 0 atom stereocenters. The number of hydrogen-bond acceptors (Lipinski definition) is 8. The average Bonchev–Trinajstić information content (AvgIpc) is 3.54. The minimum absolute atomic E-state index is 0.0113. The van der Waals surface area contributed by atoms with Crippen LogP contribution in [-0.4, -0.2) is 82.2 Å². The van der Waals surface area contributed by atoms with E-state index in [1.54, 1.807) is 18.4 Å². The van der Waals surface area contributed by atoms with E-state index in [4.69, 9.17) is 30.8 Å². The Labute approximate surface area is 269 Å². The number of anilines is 1. The minimum Gasteiger partial charge on any atom is -0.382 e. The molecule has 5 rings (SSSR count). The lowest BCUT2D eigenvalue weighted by molar-refractivity contribution is -0.127. The van der Waals surface area contributed by atoms with Gasteiger partial charge in [-0.1, -0.05) is 55.8 Å². The van der Waals surface area contributed by atoms with E-state index in [-0.39, 0.29) is 19.2 Å². The summed E-state index contributed by atoms with van der Waals surface area (Å²) in [5.41, 5.74) is 7.59. The number of methoxy groups -OCH3 is 1. The number of para-hydroxylation sites is 1. The highest BCUT2D eigenvalue weighted by Crippen LogP contribution is 2.35. The van der Waals surface area contributed by atoms with E-state index in [2.05, 4.69) is 42.3 Å². The molecule has 0 aliphatic carbocycles. The Hall–Kier alpha value is -3.05. The molecule has 1 amide bonds. The van der Waals surface area contributed by atoms with E-state index in [0.717, 1.165) is 59.2 Å². The molecule has 0 unspecified atom stereocenters. The summed E-state index contributed by atoms with van der Waals surface area (Å²) in [4.78, 5) is 23.5. The first-order valence-corrected chi connectivity index (χ1v) is 16.5. The second-order valence-electron chi connectivity index (χ2n) is 10.7. The van der Waals surface area contributed by atoms with Crippen LogP contribution in [0.15, 0.2) is 65.2 Å². The number of hydrogen-bond donors (Lipinski definition) is 1. The lowest BCUT2D eigenvalue weighted by atomic mass is 9.99. The Balaban J connectivity index is 1.66. The third kappa shape index (κ3) is 7.59. The number of carbonyl (C=O) groups excluding carboxylic acids is 1. The zero-order valence-electron chi connectivity index (χ0n) is 25.7. The number of benzene rings is 2. The van der Waals surface area contributed by atoms with Gasteiger partial charge >= 0.3 is 0 Å². The van der Waals surface area contributed by atoms with Crippen LogP contribution in [-0.2, 0) is 31.8 Å². The fourth-order valence-corrected chi connectivity index (χ4v) is 6.48. The molecule has 0 spiro atoms. The van der Waals surface area contributed by atoms with Gasteiger partial charge in [0.15, 0.2) is 0 Å². The normalized spacial score (nSPS) is 17.3. The van der Waals surface area contributed by atoms with E-state index in [1.165, 1.54) is 11.1 Å². The predicted molar refractivity (Wildman–Crippen MR) is 178 cm³/mol. The molecule has 1 fully saturated rings. The van der Waals surface area contributed by atoms with Crippen molar-refractivity contribution in [1.29, 1.82) is 0 Å². The van der Waals surface area contributed by atoms with Crippen molar-refractivity contribution in [2.24, 2.45) is 0 Å². The molecule has 1 saturated heterocycles. The van der Waals surface area contributed by atoms with Gasteiger partial charge in [0, 0.05) is 60.5 Å². The molecule has 0 radical (unpaired) electrons. The van der Waals surface area contributed by atoms with Gasteiger partial charge in [0.25, 0.3) is 5.91 Å². The Bertz CT molecular complexity index is 1460. The molecular weight excluding hydrogens is 596 g/mol. The van der Waals surface area contributed by atoms with Crippen LogP contribution >= 0.6 is 22.9 Å². The number of thiazole rings is 1. The Kier molecular flexibility index (Phi) is 11.6. The zero-order valence-corrected chi connectivity index (χ0v) is 27.3. The first-order valence-electron chi connectivity index (χ1n) is 15.2. The summed E-state index contributed by atoms with van der Waals surface area (Å²) >= 11 is 7.67. The molecule has 10 heteroatoms. The lowest BCUT2D eigenvalue weighted by Gasteiger charge is -2.35. The topological polar surface area (TPSA) is 76.2 Å². The van der Waals surface area contributed by atoms with Gasteiger partial charge in [-0.3, -0.25) is 4.79 Å².